The molecule has 1 N–H and O–H groups in total. The summed E-state index contributed by atoms with van der Waals surface area (Å²) in [5, 5.41) is 6.56. The zero-order valence-corrected chi connectivity index (χ0v) is 12.1. The summed E-state index contributed by atoms with van der Waals surface area (Å²) < 4.78 is 4.75. The van der Waals surface area contributed by atoms with Crippen LogP contribution in [0, 0.1) is 0 Å². The molecule has 0 saturated carbocycles. The highest BCUT2D eigenvalue weighted by Gasteiger charge is 2.02. The molecule has 4 nitrogen and oxygen atoms in total. The Kier molecular flexibility index (Phi) is 6.17. The Hall–Kier alpha value is -1.75. The average Bonchev–Trinajstić information content (AvgIpc) is 2.98. The standard InChI is InChI=1S/C15H18N2O2S/c18-15(12-20-11-13-5-2-1-3-6-13)16-8-4-7-14-9-17-19-10-14/h1-3,5-6,9-10H,4,7-8,11-12H2,(H,16,18). The molecule has 0 atom stereocenters. The first-order valence-electron chi connectivity index (χ1n) is 6.61. The maximum Gasteiger partial charge on any atom is 0.230 e. The van der Waals surface area contributed by atoms with Gasteiger partial charge in [0.2, 0.25) is 5.91 Å². The number of amides is 1. The summed E-state index contributed by atoms with van der Waals surface area (Å²) in [7, 11) is 0. The molecule has 1 amide bonds. The van der Waals surface area contributed by atoms with Gasteiger partial charge in [-0.3, -0.25) is 4.79 Å². The average molecular weight is 290 g/mol. The highest BCUT2D eigenvalue weighted by atomic mass is 32.2. The highest BCUT2D eigenvalue weighted by Crippen LogP contribution is 2.11. The van der Waals surface area contributed by atoms with Crippen LogP contribution in [-0.4, -0.2) is 23.4 Å². The lowest BCUT2D eigenvalue weighted by Gasteiger charge is -2.04. The number of carbonyl (C=O) groups excluding carboxylic acids is 1. The minimum Gasteiger partial charge on any atom is -0.364 e. The Morgan fingerprint density at radius 1 is 1.25 bits per heavy atom. The van der Waals surface area contributed by atoms with Crippen molar-refractivity contribution in [3.05, 3.63) is 53.9 Å². The van der Waals surface area contributed by atoms with Crippen LogP contribution in [0.3, 0.4) is 0 Å². The molecule has 5 heteroatoms. The maximum atomic E-state index is 11.6. The lowest BCUT2D eigenvalue weighted by atomic mass is 10.2. The molecular weight excluding hydrogens is 272 g/mol. The Bertz CT molecular complexity index is 500. The Labute approximate surface area is 122 Å². The molecular formula is C15H18N2O2S. The summed E-state index contributed by atoms with van der Waals surface area (Å²) in [5.41, 5.74) is 2.32. The van der Waals surface area contributed by atoms with Gasteiger partial charge in [0.15, 0.2) is 0 Å². The van der Waals surface area contributed by atoms with Gasteiger partial charge in [-0.05, 0) is 18.4 Å². The second kappa shape index (κ2) is 8.43. The van der Waals surface area contributed by atoms with Crippen LogP contribution < -0.4 is 5.32 Å². The first kappa shape index (κ1) is 14.7. The van der Waals surface area contributed by atoms with E-state index >= 15 is 0 Å². The molecule has 2 rings (SSSR count). The van der Waals surface area contributed by atoms with E-state index in [0.29, 0.717) is 12.3 Å². The molecule has 0 saturated heterocycles. The molecule has 0 bridgehead atoms. The number of nitrogens with zero attached hydrogens (tertiary/aromatic N) is 1. The van der Waals surface area contributed by atoms with Crippen molar-refractivity contribution in [1.82, 2.24) is 10.5 Å². The smallest absolute Gasteiger partial charge is 0.230 e. The number of rotatable bonds is 8. The van der Waals surface area contributed by atoms with Crippen LogP contribution in [0.1, 0.15) is 17.5 Å². The van der Waals surface area contributed by atoms with Gasteiger partial charge in [0.25, 0.3) is 0 Å². The fourth-order valence-corrected chi connectivity index (χ4v) is 2.57. The van der Waals surface area contributed by atoms with E-state index in [-0.39, 0.29) is 5.91 Å². The van der Waals surface area contributed by atoms with Crippen molar-refractivity contribution in [2.45, 2.75) is 18.6 Å². The third kappa shape index (κ3) is 5.48. The van der Waals surface area contributed by atoms with Gasteiger partial charge in [-0.25, -0.2) is 0 Å². The molecule has 0 unspecified atom stereocenters. The van der Waals surface area contributed by atoms with Gasteiger partial charge < -0.3 is 9.84 Å². The van der Waals surface area contributed by atoms with Crippen LogP contribution in [0.25, 0.3) is 0 Å². The zero-order valence-electron chi connectivity index (χ0n) is 11.2. The van der Waals surface area contributed by atoms with Crippen LogP contribution in [0.4, 0.5) is 0 Å². The normalized spacial score (nSPS) is 10.4. The molecule has 106 valence electrons. The van der Waals surface area contributed by atoms with E-state index in [9.17, 15) is 4.79 Å². The van der Waals surface area contributed by atoms with Gasteiger partial charge in [0, 0.05) is 17.9 Å². The second-order valence-corrected chi connectivity index (χ2v) is 5.45. The summed E-state index contributed by atoms with van der Waals surface area (Å²) >= 11 is 1.63. The van der Waals surface area contributed by atoms with Gasteiger partial charge >= 0.3 is 0 Å². The highest BCUT2D eigenvalue weighted by molar-refractivity contribution is 7.99. The molecule has 0 spiro atoms. The van der Waals surface area contributed by atoms with E-state index in [0.717, 1.165) is 24.2 Å². The molecule has 0 fully saturated rings. The van der Waals surface area contributed by atoms with Crippen LogP contribution in [0.2, 0.25) is 0 Å². The predicted octanol–water partition coefficient (Wildman–Crippen LogP) is 2.66. The van der Waals surface area contributed by atoms with E-state index in [1.165, 1.54) is 5.56 Å². The molecule has 1 aromatic heterocycles. The minimum absolute atomic E-state index is 0.0937. The van der Waals surface area contributed by atoms with E-state index in [4.69, 9.17) is 4.52 Å². The monoisotopic (exact) mass is 290 g/mol. The summed E-state index contributed by atoms with van der Waals surface area (Å²) in [6, 6.07) is 10.2. The van der Waals surface area contributed by atoms with Gasteiger partial charge in [-0.2, -0.15) is 0 Å². The number of aryl methyl sites for hydroxylation is 1. The van der Waals surface area contributed by atoms with Crippen LogP contribution in [-0.2, 0) is 17.0 Å². The summed E-state index contributed by atoms with van der Waals surface area (Å²) in [5.74, 6) is 1.47. The molecule has 20 heavy (non-hydrogen) atoms. The fourth-order valence-electron chi connectivity index (χ4n) is 1.76. The third-order valence-corrected chi connectivity index (χ3v) is 3.80. The van der Waals surface area contributed by atoms with E-state index in [2.05, 4.69) is 22.6 Å². The Morgan fingerprint density at radius 3 is 2.85 bits per heavy atom. The van der Waals surface area contributed by atoms with E-state index in [1.807, 2.05) is 18.2 Å². The SMILES string of the molecule is O=C(CSCc1ccccc1)NCCCc1cnoc1. The second-order valence-electron chi connectivity index (χ2n) is 4.46. The largest absolute Gasteiger partial charge is 0.364 e. The zero-order chi connectivity index (χ0) is 14.0. The van der Waals surface area contributed by atoms with Crippen molar-refractivity contribution >= 4 is 17.7 Å². The maximum absolute atomic E-state index is 11.6. The van der Waals surface area contributed by atoms with Crippen LogP contribution in [0.5, 0.6) is 0 Å². The van der Waals surface area contributed by atoms with Gasteiger partial charge in [0.05, 0.1) is 11.9 Å². The van der Waals surface area contributed by atoms with Crippen molar-refractivity contribution in [1.29, 1.82) is 0 Å². The summed E-state index contributed by atoms with van der Waals surface area (Å²) in [4.78, 5) is 11.6. The number of benzene rings is 1. The van der Waals surface area contributed by atoms with Crippen molar-refractivity contribution in [2.24, 2.45) is 0 Å². The van der Waals surface area contributed by atoms with Crippen molar-refractivity contribution in [3.8, 4) is 0 Å². The summed E-state index contributed by atoms with van der Waals surface area (Å²) in [6.07, 6.45) is 5.12. The first-order valence-corrected chi connectivity index (χ1v) is 7.76. The van der Waals surface area contributed by atoms with Crippen molar-refractivity contribution < 1.29 is 9.32 Å². The number of hydrogen-bond donors (Lipinski definition) is 1. The van der Waals surface area contributed by atoms with Gasteiger partial charge in [-0.1, -0.05) is 35.5 Å². The number of nitrogens with one attached hydrogen (secondary N) is 1. The molecule has 2 aromatic rings. The minimum atomic E-state index is 0.0937. The van der Waals surface area contributed by atoms with Crippen molar-refractivity contribution in [3.63, 3.8) is 0 Å². The molecule has 0 aliphatic rings. The van der Waals surface area contributed by atoms with E-state index < -0.39 is 0 Å². The fraction of sp³-hybridized carbons (Fsp3) is 0.333. The third-order valence-electron chi connectivity index (χ3n) is 2.79. The quantitative estimate of drug-likeness (QED) is 0.759. The van der Waals surface area contributed by atoms with Gasteiger partial charge in [-0.15, -0.1) is 11.8 Å². The number of carbonyl (C=O) groups is 1. The molecule has 1 aromatic carbocycles. The first-order chi connectivity index (χ1) is 9.84. The molecule has 0 radical (unpaired) electrons. The van der Waals surface area contributed by atoms with Gasteiger partial charge in [0.1, 0.15) is 6.26 Å². The molecule has 1 heterocycles. The molecule has 0 aliphatic heterocycles. The van der Waals surface area contributed by atoms with Crippen molar-refractivity contribution in [2.75, 3.05) is 12.3 Å². The summed E-state index contributed by atoms with van der Waals surface area (Å²) in [6.45, 7) is 0.690. The lowest BCUT2D eigenvalue weighted by molar-refractivity contribution is -0.118. The van der Waals surface area contributed by atoms with Crippen LogP contribution in [0.15, 0.2) is 47.3 Å². The van der Waals surface area contributed by atoms with E-state index in [1.54, 1.807) is 24.2 Å². The lowest BCUT2D eigenvalue weighted by Crippen LogP contribution is -2.26. The number of aromatic nitrogens is 1. The predicted molar refractivity (Wildman–Crippen MR) is 80.4 cm³/mol. The Morgan fingerprint density at radius 2 is 2.10 bits per heavy atom. The van der Waals surface area contributed by atoms with Crippen LogP contribution >= 0.6 is 11.8 Å². The topological polar surface area (TPSA) is 55.1 Å². The Balaban J connectivity index is 1.52. The molecule has 0 aliphatic carbocycles. The number of thioether (sulfide) groups is 1. The number of hydrogen-bond acceptors (Lipinski definition) is 4.